The Hall–Kier alpha value is -3.98. The third-order valence-electron chi connectivity index (χ3n) is 9.17. The third-order valence-corrected chi connectivity index (χ3v) is 9.17. The molecule has 2 fully saturated rings. The van der Waals surface area contributed by atoms with Crippen molar-refractivity contribution in [1.29, 1.82) is 0 Å². The van der Waals surface area contributed by atoms with Gasteiger partial charge in [0.15, 0.2) is 0 Å². The molecule has 0 spiro atoms. The van der Waals surface area contributed by atoms with Crippen LogP contribution in [0, 0.1) is 6.92 Å². The molecule has 2 amide bonds. The Morgan fingerprint density at radius 3 is 2.48 bits per heavy atom. The molecular weight excluding hydrogens is 526 g/mol. The van der Waals surface area contributed by atoms with Gasteiger partial charge in [-0.2, -0.15) is 0 Å². The van der Waals surface area contributed by atoms with Gasteiger partial charge in [0.1, 0.15) is 5.82 Å². The first-order chi connectivity index (χ1) is 20.4. The Morgan fingerprint density at radius 1 is 0.976 bits per heavy atom. The summed E-state index contributed by atoms with van der Waals surface area (Å²) in [6, 6.07) is 13.0. The monoisotopic (exact) mass is 567 g/mol. The fourth-order valence-electron chi connectivity index (χ4n) is 6.70. The predicted octanol–water partition coefficient (Wildman–Crippen LogP) is 3.50. The van der Waals surface area contributed by atoms with Crippen LogP contribution in [0.3, 0.4) is 0 Å². The summed E-state index contributed by atoms with van der Waals surface area (Å²) in [6.45, 7) is 14.4. The van der Waals surface area contributed by atoms with E-state index in [1.165, 1.54) is 28.1 Å². The van der Waals surface area contributed by atoms with Crippen LogP contribution >= 0.6 is 0 Å². The van der Waals surface area contributed by atoms with Crippen LogP contribution in [0.15, 0.2) is 49.1 Å². The lowest BCUT2D eigenvalue weighted by molar-refractivity contribution is -0.128. The van der Waals surface area contributed by atoms with E-state index in [2.05, 4.69) is 78.6 Å². The van der Waals surface area contributed by atoms with E-state index in [4.69, 9.17) is 9.97 Å². The van der Waals surface area contributed by atoms with Crippen molar-refractivity contribution in [3.05, 3.63) is 71.7 Å². The van der Waals surface area contributed by atoms with Crippen LogP contribution in [0.1, 0.15) is 40.8 Å². The van der Waals surface area contributed by atoms with E-state index in [9.17, 15) is 9.59 Å². The molecule has 220 valence electrons. The molecule has 3 aliphatic heterocycles. The third kappa shape index (κ3) is 5.22. The standard InChI is InChI=1S/C33H41N7O2/c1-5-25-21-39(19-20-40(25)29(41)6-2)32-26-13-14-38(28-12-8-11-24-10-7-9-23(3)30(24)28)22-27(26)34-31(35-32)33(42)37-17-15-36(4)16-18-37/h6-12,25H,2,5,13-22H2,1,3-4H3/t25-/m0/s1. The number of anilines is 2. The number of likely N-dealkylation sites (N-methyl/N-ethyl adjacent to an activating group) is 1. The lowest BCUT2D eigenvalue weighted by Gasteiger charge is -2.42. The molecule has 0 bridgehead atoms. The number of benzene rings is 2. The van der Waals surface area contributed by atoms with E-state index in [1.807, 2.05) is 9.80 Å². The summed E-state index contributed by atoms with van der Waals surface area (Å²) in [7, 11) is 2.08. The van der Waals surface area contributed by atoms with Gasteiger partial charge in [0.05, 0.1) is 12.2 Å². The van der Waals surface area contributed by atoms with Gasteiger partial charge in [-0.1, -0.05) is 43.8 Å². The summed E-state index contributed by atoms with van der Waals surface area (Å²) >= 11 is 0. The van der Waals surface area contributed by atoms with Gasteiger partial charge >= 0.3 is 0 Å². The SMILES string of the molecule is C=CC(=O)N1CCN(c2nc(C(=O)N3CCN(C)CC3)nc3c2CCN(c2cccc4cccc(C)c24)C3)C[C@@H]1CC. The first-order valence-electron chi connectivity index (χ1n) is 15.2. The molecule has 0 radical (unpaired) electrons. The number of hydrogen-bond acceptors (Lipinski definition) is 7. The molecule has 0 aliphatic carbocycles. The summed E-state index contributed by atoms with van der Waals surface area (Å²) in [4.78, 5) is 47.0. The van der Waals surface area contributed by atoms with Crippen LogP contribution in [0.25, 0.3) is 10.8 Å². The number of aryl methyl sites for hydroxylation is 1. The Morgan fingerprint density at radius 2 is 1.74 bits per heavy atom. The van der Waals surface area contributed by atoms with Gasteiger partial charge in [-0.3, -0.25) is 9.59 Å². The molecule has 2 saturated heterocycles. The summed E-state index contributed by atoms with van der Waals surface area (Å²) in [5.74, 6) is 1.01. The maximum Gasteiger partial charge on any atom is 0.291 e. The van der Waals surface area contributed by atoms with Gasteiger partial charge in [0.25, 0.3) is 5.91 Å². The zero-order valence-corrected chi connectivity index (χ0v) is 25.1. The second-order valence-electron chi connectivity index (χ2n) is 11.8. The van der Waals surface area contributed by atoms with Crippen molar-refractivity contribution in [1.82, 2.24) is 24.7 Å². The van der Waals surface area contributed by atoms with E-state index < -0.39 is 0 Å². The van der Waals surface area contributed by atoms with Crippen molar-refractivity contribution < 1.29 is 9.59 Å². The van der Waals surface area contributed by atoms with Gasteiger partial charge in [-0.25, -0.2) is 9.97 Å². The molecular formula is C33H41N7O2. The molecule has 6 rings (SSSR count). The molecule has 0 unspecified atom stereocenters. The number of carbonyl (C=O) groups excluding carboxylic acids is 2. The van der Waals surface area contributed by atoms with E-state index in [0.717, 1.165) is 49.6 Å². The summed E-state index contributed by atoms with van der Waals surface area (Å²) < 4.78 is 0. The van der Waals surface area contributed by atoms with E-state index in [0.29, 0.717) is 39.3 Å². The molecule has 9 nitrogen and oxygen atoms in total. The van der Waals surface area contributed by atoms with Crippen LogP contribution < -0.4 is 9.80 Å². The average molecular weight is 568 g/mol. The number of aromatic nitrogens is 2. The van der Waals surface area contributed by atoms with Gasteiger partial charge in [-0.15, -0.1) is 0 Å². The maximum absolute atomic E-state index is 13.8. The van der Waals surface area contributed by atoms with Crippen molar-refractivity contribution in [2.24, 2.45) is 0 Å². The predicted molar refractivity (Wildman–Crippen MR) is 167 cm³/mol. The lowest BCUT2D eigenvalue weighted by Crippen LogP contribution is -2.55. The van der Waals surface area contributed by atoms with Gasteiger partial charge < -0.3 is 24.5 Å². The van der Waals surface area contributed by atoms with Crippen LogP contribution in [0.5, 0.6) is 0 Å². The van der Waals surface area contributed by atoms with Crippen LogP contribution in [0.4, 0.5) is 11.5 Å². The van der Waals surface area contributed by atoms with Gasteiger partial charge in [0.2, 0.25) is 11.7 Å². The van der Waals surface area contributed by atoms with Crippen LogP contribution in [-0.2, 0) is 17.8 Å². The minimum atomic E-state index is -0.0993. The summed E-state index contributed by atoms with van der Waals surface area (Å²) in [5, 5.41) is 2.49. The first kappa shape index (κ1) is 28.2. The molecule has 1 aromatic heterocycles. The van der Waals surface area contributed by atoms with Gasteiger partial charge in [0, 0.05) is 75.0 Å². The second-order valence-corrected chi connectivity index (χ2v) is 11.8. The smallest absolute Gasteiger partial charge is 0.291 e. The summed E-state index contributed by atoms with van der Waals surface area (Å²) in [6.07, 6.45) is 3.03. The second kappa shape index (κ2) is 11.7. The minimum Gasteiger partial charge on any atom is -0.365 e. The van der Waals surface area contributed by atoms with Gasteiger partial charge in [-0.05, 0) is 49.9 Å². The number of amides is 2. The fraction of sp³-hybridized carbons (Fsp3) is 0.455. The zero-order valence-electron chi connectivity index (χ0n) is 25.1. The molecule has 4 heterocycles. The Bertz CT molecular complexity index is 1510. The largest absolute Gasteiger partial charge is 0.365 e. The minimum absolute atomic E-state index is 0.0295. The molecule has 0 saturated carbocycles. The van der Waals surface area contributed by atoms with Crippen LogP contribution in [-0.4, -0.2) is 102 Å². The number of nitrogens with zero attached hydrogens (tertiary/aromatic N) is 7. The van der Waals surface area contributed by atoms with E-state index >= 15 is 0 Å². The maximum atomic E-state index is 13.8. The highest BCUT2D eigenvalue weighted by atomic mass is 16.2. The highest BCUT2D eigenvalue weighted by molar-refractivity contribution is 5.97. The normalized spacial score (nSPS) is 19.6. The first-order valence-corrected chi connectivity index (χ1v) is 15.2. The van der Waals surface area contributed by atoms with E-state index in [-0.39, 0.29) is 23.7 Å². The zero-order chi connectivity index (χ0) is 29.4. The quantitative estimate of drug-likeness (QED) is 0.437. The highest BCUT2D eigenvalue weighted by Crippen LogP contribution is 2.35. The Labute approximate surface area is 248 Å². The number of piperazine rings is 2. The number of rotatable bonds is 5. The lowest BCUT2D eigenvalue weighted by atomic mass is 9.99. The van der Waals surface area contributed by atoms with Crippen molar-refractivity contribution in [2.45, 2.75) is 39.3 Å². The van der Waals surface area contributed by atoms with Crippen LogP contribution in [0.2, 0.25) is 0 Å². The molecule has 2 aromatic carbocycles. The number of fused-ring (bicyclic) bond motifs is 2. The Kier molecular flexibility index (Phi) is 7.86. The Balaban J connectivity index is 1.38. The fourth-order valence-corrected chi connectivity index (χ4v) is 6.70. The number of carbonyl (C=O) groups is 2. The summed E-state index contributed by atoms with van der Waals surface area (Å²) in [5.41, 5.74) is 4.50. The van der Waals surface area contributed by atoms with Crippen molar-refractivity contribution >= 4 is 34.1 Å². The average Bonchev–Trinajstić information content (AvgIpc) is 3.03. The molecule has 3 aromatic rings. The molecule has 0 N–H and O–H groups in total. The molecule has 42 heavy (non-hydrogen) atoms. The molecule has 3 aliphatic rings. The van der Waals surface area contributed by atoms with E-state index in [1.54, 1.807) is 0 Å². The van der Waals surface area contributed by atoms with Crippen molar-refractivity contribution in [3.63, 3.8) is 0 Å². The van der Waals surface area contributed by atoms with Crippen molar-refractivity contribution in [3.8, 4) is 0 Å². The van der Waals surface area contributed by atoms with Crippen molar-refractivity contribution in [2.75, 3.05) is 69.2 Å². The molecule has 1 atom stereocenters. The topological polar surface area (TPSA) is 76.1 Å². The number of hydrogen-bond donors (Lipinski definition) is 0. The molecule has 9 heteroatoms. The highest BCUT2D eigenvalue weighted by Gasteiger charge is 2.34.